The Labute approximate surface area is 192 Å². The molecule has 4 rings (SSSR count). The number of aromatic amines is 1. The Bertz CT molecular complexity index is 1210. The summed E-state index contributed by atoms with van der Waals surface area (Å²) in [6.07, 6.45) is 1.47. The van der Waals surface area contributed by atoms with Crippen LogP contribution in [-0.4, -0.2) is 28.9 Å². The number of benzene rings is 2. The van der Waals surface area contributed by atoms with Gasteiger partial charge in [-0.3, -0.25) is 14.6 Å². The standard InChI is InChI=1S/C22H21BrN4O3S/c1-4-18(28)26-16-9-7-6-8-14(16)19-20(29)24-22(31-3)25-27(19)21(26)15-12-13(23)10-11-17(15)30-5-2/h6-12,21H,4-5H2,1-3H3/p+1. The Morgan fingerprint density at radius 1 is 1.29 bits per heavy atom. The van der Waals surface area contributed by atoms with Gasteiger partial charge < -0.3 is 4.74 Å². The largest absolute Gasteiger partial charge is 0.493 e. The molecule has 1 N–H and O–H groups in total. The van der Waals surface area contributed by atoms with Gasteiger partial charge in [-0.25, -0.2) is 4.90 Å². The number of H-pyrrole nitrogens is 1. The predicted octanol–water partition coefficient (Wildman–Crippen LogP) is 3.91. The van der Waals surface area contributed by atoms with Crippen LogP contribution in [0, 0.1) is 0 Å². The molecule has 1 atom stereocenters. The van der Waals surface area contributed by atoms with Gasteiger partial charge in [-0.1, -0.05) is 46.7 Å². The maximum Gasteiger partial charge on any atom is 0.325 e. The van der Waals surface area contributed by atoms with E-state index >= 15 is 0 Å². The number of anilines is 1. The van der Waals surface area contributed by atoms with E-state index in [1.165, 1.54) is 11.8 Å². The quantitative estimate of drug-likeness (QED) is 0.423. The molecule has 1 amide bonds. The van der Waals surface area contributed by atoms with Crippen LogP contribution in [0.2, 0.25) is 0 Å². The lowest BCUT2D eigenvalue weighted by atomic mass is 10.0. The number of ether oxygens (including phenoxy) is 1. The van der Waals surface area contributed by atoms with E-state index in [0.717, 1.165) is 10.0 Å². The zero-order chi connectivity index (χ0) is 22.1. The lowest BCUT2D eigenvalue weighted by Crippen LogP contribution is -2.61. The molecule has 0 radical (unpaired) electrons. The number of carbonyl (C=O) groups is 1. The van der Waals surface area contributed by atoms with Gasteiger partial charge in [0.25, 0.3) is 6.17 Å². The molecule has 1 aliphatic rings. The molecular formula is C22H22BrN4O3S+. The summed E-state index contributed by atoms with van der Waals surface area (Å²) in [7, 11) is 0. The van der Waals surface area contributed by atoms with Crippen molar-refractivity contribution in [2.75, 3.05) is 17.8 Å². The highest BCUT2D eigenvalue weighted by Crippen LogP contribution is 2.40. The molecule has 160 valence electrons. The van der Waals surface area contributed by atoms with Crippen molar-refractivity contribution in [3.8, 4) is 17.0 Å². The molecule has 0 saturated heterocycles. The molecule has 7 nitrogen and oxygen atoms in total. The summed E-state index contributed by atoms with van der Waals surface area (Å²) < 4.78 is 8.39. The molecule has 0 saturated carbocycles. The number of halogens is 1. The molecule has 1 aliphatic heterocycles. The van der Waals surface area contributed by atoms with Crippen molar-refractivity contribution in [2.45, 2.75) is 31.6 Å². The average molecular weight is 502 g/mol. The van der Waals surface area contributed by atoms with Crippen molar-refractivity contribution in [1.29, 1.82) is 0 Å². The Kier molecular flexibility index (Phi) is 6.15. The SMILES string of the molecule is CCOc1ccc(Br)cc1C1N(C(=O)CC)c2ccccc2-c2c(=O)[nH]c(SC)n[n+]21. The van der Waals surface area contributed by atoms with Crippen molar-refractivity contribution in [3.05, 3.63) is 62.9 Å². The fourth-order valence-corrected chi connectivity index (χ4v) is 4.54. The Morgan fingerprint density at radius 3 is 2.77 bits per heavy atom. The number of thioether (sulfide) groups is 1. The molecule has 1 aromatic heterocycles. The number of nitrogens with zero attached hydrogens (tertiary/aromatic N) is 3. The first-order valence-electron chi connectivity index (χ1n) is 9.94. The number of para-hydroxylation sites is 1. The summed E-state index contributed by atoms with van der Waals surface area (Å²) in [5.41, 5.74) is 2.22. The van der Waals surface area contributed by atoms with Crippen LogP contribution < -0.4 is 19.9 Å². The summed E-state index contributed by atoms with van der Waals surface area (Å²) in [6.45, 7) is 4.20. The first-order chi connectivity index (χ1) is 15.0. The topological polar surface area (TPSA) is 79.2 Å². The van der Waals surface area contributed by atoms with E-state index < -0.39 is 6.17 Å². The maximum atomic E-state index is 13.3. The Morgan fingerprint density at radius 2 is 2.06 bits per heavy atom. The van der Waals surface area contributed by atoms with E-state index in [4.69, 9.17) is 9.84 Å². The van der Waals surface area contributed by atoms with Crippen molar-refractivity contribution in [2.24, 2.45) is 0 Å². The molecule has 0 aliphatic carbocycles. The maximum absolute atomic E-state index is 13.3. The predicted molar refractivity (Wildman–Crippen MR) is 123 cm³/mol. The van der Waals surface area contributed by atoms with Crippen LogP contribution in [0.25, 0.3) is 11.3 Å². The van der Waals surface area contributed by atoms with Crippen LogP contribution in [0.15, 0.2) is 56.9 Å². The summed E-state index contributed by atoms with van der Waals surface area (Å²) in [6, 6.07) is 13.1. The van der Waals surface area contributed by atoms with Crippen LogP contribution in [0.1, 0.15) is 32.0 Å². The molecule has 2 aromatic carbocycles. The van der Waals surface area contributed by atoms with Crippen LogP contribution >= 0.6 is 27.7 Å². The second-order valence-corrected chi connectivity index (χ2v) is 8.59. The van der Waals surface area contributed by atoms with Crippen LogP contribution in [0.3, 0.4) is 0 Å². The summed E-state index contributed by atoms with van der Waals surface area (Å²) in [5, 5.41) is 5.17. The van der Waals surface area contributed by atoms with Gasteiger partial charge in [-0.15, -0.1) is 0 Å². The molecule has 2 heterocycles. The minimum Gasteiger partial charge on any atom is -0.493 e. The second-order valence-electron chi connectivity index (χ2n) is 6.88. The van der Waals surface area contributed by atoms with Gasteiger partial charge in [0.2, 0.25) is 11.1 Å². The summed E-state index contributed by atoms with van der Waals surface area (Å²) in [5.74, 6) is 0.557. The van der Waals surface area contributed by atoms with Gasteiger partial charge in [0.05, 0.1) is 23.4 Å². The van der Waals surface area contributed by atoms with E-state index in [1.807, 2.05) is 62.6 Å². The van der Waals surface area contributed by atoms with Crippen molar-refractivity contribution in [3.63, 3.8) is 0 Å². The zero-order valence-electron chi connectivity index (χ0n) is 17.4. The first kappa shape index (κ1) is 21.6. The third kappa shape index (κ3) is 3.76. The number of amides is 1. The molecule has 0 bridgehead atoms. The van der Waals surface area contributed by atoms with Crippen LogP contribution in [0.5, 0.6) is 5.75 Å². The normalized spacial score (nSPS) is 14.7. The lowest BCUT2D eigenvalue weighted by molar-refractivity contribution is -0.763. The van der Waals surface area contributed by atoms with Crippen LogP contribution in [-0.2, 0) is 4.79 Å². The Balaban J connectivity index is 2.11. The number of aromatic nitrogens is 3. The third-order valence-corrected chi connectivity index (χ3v) is 6.14. The highest BCUT2D eigenvalue weighted by atomic mass is 79.9. The van der Waals surface area contributed by atoms with E-state index in [0.29, 0.717) is 40.9 Å². The average Bonchev–Trinajstić information content (AvgIpc) is 2.78. The van der Waals surface area contributed by atoms with Gasteiger partial charge in [-0.05, 0) is 48.2 Å². The van der Waals surface area contributed by atoms with Gasteiger partial charge in [0.15, 0.2) is 0 Å². The zero-order valence-corrected chi connectivity index (χ0v) is 19.8. The van der Waals surface area contributed by atoms with E-state index in [9.17, 15) is 9.59 Å². The molecule has 0 spiro atoms. The number of fused-ring (bicyclic) bond motifs is 3. The third-order valence-electron chi connectivity index (χ3n) is 5.07. The summed E-state index contributed by atoms with van der Waals surface area (Å²) in [4.78, 5) is 30.9. The lowest BCUT2D eigenvalue weighted by Gasteiger charge is -2.32. The number of hydrogen-bond donors (Lipinski definition) is 1. The van der Waals surface area contributed by atoms with Crippen molar-refractivity contribution in [1.82, 2.24) is 10.1 Å². The fraction of sp³-hybridized carbons (Fsp3) is 0.273. The van der Waals surface area contributed by atoms with E-state index in [1.54, 1.807) is 9.58 Å². The monoisotopic (exact) mass is 501 g/mol. The molecule has 0 fully saturated rings. The number of nitrogens with one attached hydrogen (secondary N) is 1. The summed E-state index contributed by atoms with van der Waals surface area (Å²) >= 11 is 4.88. The first-order valence-corrected chi connectivity index (χ1v) is 12.0. The van der Waals surface area contributed by atoms with Crippen LogP contribution in [0.4, 0.5) is 5.69 Å². The van der Waals surface area contributed by atoms with Crippen molar-refractivity contribution >= 4 is 39.3 Å². The minimum atomic E-state index is -0.676. The smallest absolute Gasteiger partial charge is 0.325 e. The molecule has 9 heteroatoms. The molecule has 3 aromatic rings. The Hall–Kier alpha value is -2.65. The van der Waals surface area contributed by atoms with E-state index in [-0.39, 0.29) is 11.5 Å². The molecular weight excluding hydrogens is 480 g/mol. The van der Waals surface area contributed by atoms with Gasteiger partial charge in [0, 0.05) is 16.0 Å². The molecule has 1 unspecified atom stereocenters. The van der Waals surface area contributed by atoms with E-state index in [2.05, 4.69) is 20.9 Å². The van der Waals surface area contributed by atoms with Gasteiger partial charge in [-0.2, -0.15) is 0 Å². The van der Waals surface area contributed by atoms with Gasteiger partial charge in [0.1, 0.15) is 5.75 Å². The highest BCUT2D eigenvalue weighted by molar-refractivity contribution is 9.10. The van der Waals surface area contributed by atoms with Crippen molar-refractivity contribution < 1.29 is 14.2 Å². The fourth-order valence-electron chi connectivity index (χ4n) is 3.79. The number of carbonyl (C=O) groups excluding carboxylic acids is 1. The molecule has 31 heavy (non-hydrogen) atoms. The van der Waals surface area contributed by atoms with Gasteiger partial charge >= 0.3 is 11.3 Å². The highest BCUT2D eigenvalue weighted by Gasteiger charge is 2.46. The number of rotatable bonds is 5. The number of hydrogen-bond acceptors (Lipinski definition) is 5. The minimum absolute atomic E-state index is 0.0780. The second kappa shape index (κ2) is 8.84.